The standard InChI is InChI=1S/C11H16O4/c1-7(6-12)10-8(13)4-5-9(14-2)11(10)15-3/h4-5,7,12-13H,6H2,1-3H3. The number of methoxy groups -OCH3 is 2. The van der Waals surface area contributed by atoms with Crippen LogP contribution >= 0.6 is 0 Å². The molecule has 2 N–H and O–H groups in total. The van der Waals surface area contributed by atoms with Gasteiger partial charge in [0, 0.05) is 18.1 Å². The van der Waals surface area contributed by atoms with Gasteiger partial charge in [-0.25, -0.2) is 0 Å². The molecule has 1 unspecified atom stereocenters. The maximum Gasteiger partial charge on any atom is 0.167 e. The van der Waals surface area contributed by atoms with Gasteiger partial charge in [-0.05, 0) is 12.1 Å². The summed E-state index contributed by atoms with van der Waals surface area (Å²) in [7, 11) is 3.03. The van der Waals surface area contributed by atoms with Crippen molar-refractivity contribution in [2.45, 2.75) is 12.8 Å². The van der Waals surface area contributed by atoms with Gasteiger partial charge in [0.1, 0.15) is 5.75 Å². The Morgan fingerprint density at radius 1 is 1.27 bits per heavy atom. The van der Waals surface area contributed by atoms with Crippen LogP contribution in [0.1, 0.15) is 18.4 Å². The Morgan fingerprint density at radius 3 is 2.40 bits per heavy atom. The number of phenolic OH excluding ortho intramolecular Hbond substituents is 1. The van der Waals surface area contributed by atoms with Crippen molar-refractivity contribution in [3.8, 4) is 17.2 Å². The van der Waals surface area contributed by atoms with Crippen LogP contribution in [0.25, 0.3) is 0 Å². The summed E-state index contributed by atoms with van der Waals surface area (Å²) in [6, 6.07) is 3.16. The average molecular weight is 212 g/mol. The fourth-order valence-corrected chi connectivity index (χ4v) is 1.51. The van der Waals surface area contributed by atoms with E-state index in [1.165, 1.54) is 20.3 Å². The van der Waals surface area contributed by atoms with Crippen LogP contribution in [0, 0.1) is 0 Å². The second-order valence-corrected chi connectivity index (χ2v) is 3.32. The van der Waals surface area contributed by atoms with E-state index in [0.29, 0.717) is 17.1 Å². The maximum atomic E-state index is 9.70. The third-order valence-electron chi connectivity index (χ3n) is 2.33. The molecule has 0 fully saturated rings. The minimum Gasteiger partial charge on any atom is -0.508 e. The zero-order chi connectivity index (χ0) is 11.4. The van der Waals surface area contributed by atoms with Gasteiger partial charge in [-0.2, -0.15) is 0 Å². The van der Waals surface area contributed by atoms with Crippen molar-refractivity contribution in [2.75, 3.05) is 20.8 Å². The molecule has 0 amide bonds. The number of benzene rings is 1. The fraction of sp³-hybridized carbons (Fsp3) is 0.455. The van der Waals surface area contributed by atoms with Crippen LogP contribution in [0.4, 0.5) is 0 Å². The summed E-state index contributed by atoms with van der Waals surface area (Å²) in [4.78, 5) is 0. The molecule has 0 saturated carbocycles. The third-order valence-corrected chi connectivity index (χ3v) is 2.33. The van der Waals surface area contributed by atoms with E-state index in [-0.39, 0.29) is 18.3 Å². The number of hydrogen-bond acceptors (Lipinski definition) is 4. The summed E-state index contributed by atoms with van der Waals surface area (Å²) in [5, 5.41) is 18.8. The average Bonchev–Trinajstić information content (AvgIpc) is 2.27. The van der Waals surface area contributed by atoms with E-state index in [1.807, 2.05) is 0 Å². The molecule has 0 aromatic heterocycles. The van der Waals surface area contributed by atoms with Crippen LogP contribution in [0.15, 0.2) is 12.1 Å². The van der Waals surface area contributed by atoms with Crippen molar-refractivity contribution in [1.29, 1.82) is 0 Å². The number of aliphatic hydroxyl groups excluding tert-OH is 1. The summed E-state index contributed by atoms with van der Waals surface area (Å²) < 4.78 is 10.3. The van der Waals surface area contributed by atoms with E-state index < -0.39 is 0 Å². The highest BCUT2D eigenvalue weighted by molar-refractivity contribution is 5.54. The molecule has 1 aromatic carbocycles. The quantitative estimate of drug-likeness (QED) is 0.794. The van der Waals surface area contributed by atoms with E-state index in [4.69, 9.17) is 14.6 Å². The number of phenols is 1. The van der Waals surface area contributed by atoms with Gasteiger partial charge in [0.05, 0.1) is 14.2 Å². The van der Waals surface area contributed by atoms with Crippen molar-refractivity contribution < 1.29 is 19.7 Å². The molecule has 0 bridgehead atoms. The number of aromatic hydroxyl groups is 1. The lowest BCUT2D eigenvalue weighted by molar-refractivity contribution is 0.264. The Balaban J connectivity index is 3.31. The minimum absolute atomic E-state index is 0.0584. The van der Waals surface area contributed by atoms with Gasteiger partial charge in [-0.3, -0.25) is 0 Å². The van der Waals surface area contributed by atoms with Crippen molar-refractivity contribution >= 4 is 0 Å². The zero-order valence-electron chi connectivity index (χ0n) is 9.15. The predicted octanol–water partition coefficient (Wildman–Crippen LogP) is 1.51. The number of hydrogen-bond donors (Lipinski definition) is 2. The Morgan fingerprint density at radius 2 is 1.93 bits per heavy atom. The lowest BCUT2D eigenvalue weighted by Crippen LogP contribution is -2.03. The van der Waals surface area contributed by atoms with Gasteiger partial charge in [0.15, 0.2) is 11.5 Å². The lowest BCUT2D eigenvalue weighted by Gasteiger charge is -2.17. The molecule has 0 aliphatic carbocycles. The molecule has 1 rings (SSSR count). The Bertz CT molecular complexity index is 336. The molecule has 1 aromatic rings. The summed E-state index contributed by atoms with van der Waals surface area (Å²) in [6.45, 7) is 1.74. The van der Waals surface area contributed by atoms with Gasteiger partial charge in [-0.1, -0.05) is 6.92 Å². The van der Waals surface area contributed by atoms with E-state index in [1.54, 1.807) is 13.0 Å². The van der Waals surface area contributed by atoms with Crippen LogP contribution in [0.2, 0.25) is 0 Å². The monoisotopic (exact) mass is 212 g/mol. The summed E-state index contributed by atoms with van der Waals surface area (Å²) in [5.74, 6) is 0.925. The molecule has 0 aliphatic rings. The molecule has 84 valence electrons. The van der Waals surface area contributed by atoms with Crippen LogP contribution in [-0.2, 0) is 0 Å². The first-order chi connectivity index (χ1) is 7.15. The van der Waals surface area contributed by atoms with Crippen molar-refractivity contribution in [1.82, 2.24) is 0 Å². The molecular weight excluding hydrogens is 196 g/mol. The minimum atomic E-state index is -0.199. The normalized spacial score (nSPS) is 12.3. The predicted molar refractivity (Wildman–Crippen MR) is 56.7 cm³/mol. The molecule has 4 nitrogen and oxygen atoms in total. The van der Waals surface area contributed by atoms with Crippen molar-refractivity contribution in [3.05, 3.63) is 17.7 Å². The summed E-state index contributed by atoms with van der Waals surface area (Å²) in [6.07, 6.45) is 0. The largest absolute Gasteiger partial charge is 0.508 e. The summed E-state index contributed by atoms with van der Waals surface area (Å²) in [5.41, 5.74) is 0.569. The van der Waals surface area contributed by atoms with E-state index in [2.05, 4.69) is 0 Å². The molecule has 0 radical (unpaired) electrons. The highest BCUT2D eigenvalue weighted by Crippen LogP contribution is 2.40. The lowest BCUT2D eigenvalue weighted by atomic mass is 9.99. The molecule has 0 aliphatic heterocycles. The van der Waals surface area contributed by atoms with Crippen molar-refractivity contribution in [2.24, 2.45) is 0 Å². The Labute approximate surface area is 89.1 Å². The third kappa shape index (κ3) is 2.15. The smallest absolute Gasteiger partial charge is 0.167 e. The van der Waals surface area contributed by atoms with Crippen LogP contribution in [0.3, 0.4) is 0 Å². The summed E-state index contributed by atoms with van der Waals surface area (Å²) >= 11 is 0. The Hall–Kier alpha value is -1.42. The van der Waals surface area contributed by atoms with Crippen LogP contribution < -0.4 is 9.47 Å². The zero-order valence-corrected chi connectivity index (χ0v) is 9.15. The molecule has 1 atom stereocenters. The molecule has 15 heavy (non-hydrogen) atoms. The van der Waals surface area contributed by atoms with Gasteiger partial charge < -0.3 is 19.7 Å². The number of aliphatic hydroxyl groups is 1. The number of rotatable bonds is 4. The first-order valence-corrected chi connectivity index (χ1v) is 4.70. The van der Waals surface area contributed by atoms with Crippen LogP contribution in [0.5, 0.6) is 17.2 Å². The van der Waals surface area contributed by atoms with E-state index in [9.17, 15) is 5.11 Å². The second-order valence-electron chi connectivity index (χ2n) is 3.32. The van der Waals surface area contributed by atoms with Gasteiger partial charge in [0.25, 0.3) is 0 Å². The first kappa shape index (κ1) is 11.7. The second kappa shape index (κ2) is 4.89. The fourth-order valence-electron chi connectivity index (χ4n) is 1.51. The number of ether oxygens (including phenoxy) is 2. The molecule has 0 spiro atoms. The molecule has 0 heterocycles. The topological polar surface area (TPSA) is 58.9 Å². The maximum absolute atomic E-state index is 9.70. The van der Waals surface area contributed by atoms with Crippen LogP contribution in [-0.4, -0.2) is 31.0 Å². The SMILES string of the molecule is COc1ccc(O)c(C(C)CO)c1OC. The molecular formula is C11H16O4. The van der Waals surface area contributed by atoms with E-state index in [0.717, 1.165) is 0 Å². The highest BCUT2D eigenvalue weighted by atomic mass is 16.5. The van der Waals surface area contributed by atoms with Crippen molar-refractivity contribution in [3.63, 3.8) is 0 Å². The highest BCUT2D eigenvalue weighted by Gasteiger charge is 2.19. The molecule has 4 heteroatoms. The van der Waals surface area contributed by atoms with E-state index >= 15 is 0 Å². The van der Waals surface area contributed by atoms with Gasteiger partial charge in [0.2, 0.25) is 0 Å². The Kier molecular flexibility index (Phi) is 3.80. The van der Waals surface area contributed by atoms with Gasteiger partial charge in [-0.15, -0.1) is 0 Å². The first-order valence-electron chi connectivity index (χ1n) is 4.70. The van der Waals surface area contributed by atoms with Gasteiger partial charge >= 0.3 is 0 Å². The molecule has 0 saturated heterocycles.